The number of carbonyl (C=O) groups excluding carboxylic acids is 1. The summed E-state index contributed by atoms with van der Waals surface area (Å²) in [4.78, 5) is 17.0. The van der Waals surface area contributed by atoms with Crippen molar-refractivity contribution in [3.8, 4) is 17.2 Å². The minimum atomic E-state index is -0.385. The number of halogens is 2. The lowest BCUT2D eigenvalue weighted by molar-refractivity contribution is 0.102. The summed E-state index contributed by atoms with van der Waals surface area (Å²) in [6.07, 6.45) is 4.43. The molecule has 2 heterocycles. The standard InChI is InChI=1S/C22H16Cl2N4OS/c23-20-12-18(28-6-1-7-30-28)11-19(21(20)24)22(29)27-17-9-14(13-25)8-16(10-17)15-2-4-26-5-3-15/h2-5,8-12H,1,6-7H2,(H,27,29). The lowest BCUT2D eigenvalue weighted by Crippen LogP contribution is -2.15. The van der Waals surface area contributed by atoms with Crippen LogP contribution in [0.25, 0.3) is 11.1 Å². The van der Waals surface area contributed by atoms with Crippen LogP contribution in [0.4, 0.5) is 11.4 Å². The van der Waals surface area contributed by atoms with Crippen molar-refractivity contribution < 1.29 is 4.79 Å². The first-order valence-corrected chi connectivity index (χ1v) is 10.9. The molecule has 1 aliphatic heterocycles. The molecule has 1 N–H and O–H groups in total. The van der Waals surface area contributed by atoms with Gasteiger partial charge in [0.05, 0.1) is 27.2 Å². The Morgan fingerprint density at radius 3 is 2.63 bits per heavy atom. The predicted octanol–water partition coefficient (Wildman–Crippen LogP) is 6.04. The summed E-state index contributed by atoms with van der Waals surface area (Å²) in [5.41, 5.74) is 3.77. The number of aromatic nitrogens is 1. The van der Waals surface area contributed by atoms with Gasteiger partial charge in [-0.1, -0.05) is 23.2 Å². The largest absolute Gasteiger partial charge is 0.322 e. The normalized spacial score (nSPS) is 13.2. The third kappa shape index (κ3) is 4.39. The molecule has 150 valence electrons. The number of rotatable bonds is 4. The summed E-state index contributed by atoms with van der Waals surface area (Å²) in [7, 11) is 0. The van der Waals surface area contributed by atoms with Crippen LogP contribution in [0, 0.1) is 11.3 Å². The molecule has 30 heavy (non-hydrogen) atoms. The average Bonchev–Trinajstić information content (AvgIpc) is 3.31. The van der Waals surface area contributed by atoms with Gasteiger partial charge in [0.2, 0.25) is 0 Å². The minimum absolute atomic E-state index is 0.202. The lowest BCUT2D eigenvalue weighted by Gasteiger charge is -2.18. The minimum Gasteiger partial charge on any atom is -0.322 e. The zero-order valence-electron chi connectivity index (χ0n) is 15.7. The van der Waals surface area contributed by atoms with Gasteiger partial charge < -0.3 is 9.62 Å². The second-order valence-electron chi connectivity index (χ2n) is 6.68. The van der Waals surface area contributed by atoms with Crippen LogP contribution in [0.2, 0.25) is 10.0 Å². The maximum atomic E-state index is 13.0. The van der Waals surface area contributed by atoms with E-state index in [1.54, 1.807) is 48.6 Å². The van der Waals surface area contributed by atoms with Gasteiger partial charge in [0.15, 0.2) is 0 Å². The van der Waals surface area contributed by atoms with E-state index in [-0.39, 0.29) is 10.9 Å². The smallest absolute Gasteiger partial charge is 0.257 e. The molecule has 1 aromatic heterocycles. The van der Waals surface area contributed by atoms with Crippen LogP contribution in [0.3, 0.4) is 0 Å². The summed E-state index contributed by atoms with van der Waals surface area (Å²) in [6.45, 7) is 0.892. The first-order chi connectivity index (χ1) is 14.5. The van der Waals surface area contributed by atoms with Crippen LogP contribution in [-0.4, -0.2) is 23.2 Å². The topological polar surface area (TPSA) is 69.0 Å². The Bertz CT molecular complexity index is 1140. The highest BCUT2D eigenvalue weighted by Gasteiger charge is 2.20. The van der Waals surface area contributed by atoms with Crippen molar-refractivity contribution >= 4 is 52.4 Å². The molecule has 1 aliphatic rings. The number of nitriles is 1. The zero-order valence-corrected chi connectivity index (χ0v) is 18.1. The molecule has 1 amide bonds. The third-order valence-electron chi connectivity index (χ3n) is 4.63. The number of pyridine rings is 1. The van der Waals surface area contributed by atoms with Gasteiger partial charge in [-0.2, -0.15) is 5.26 Å². The molecule has 1 saturated heterocycles. The van der Waals surface area contributed by atoms with Gasteiger partial charge in [-0.25, -0.2) is 0 Å². The summed E-state index contributed by atoms with van der Waals surface area (Å²) < 4.78 is 2.11. The van der Waals surface area contributed by atoms with Gasteiger partial charge in [-0.15, -0.1) is 0 Å². The van der Waals surface area contributed by atoms with Crippen molar-refractivity contribution in [1.29, 1.82) is 5.26 Å². The van der Waals surface area contributed by atoms with E-state index in [9.17, 15) is 10.1 Å². The Morgan fingerprint density at radius 1 is 1.13 bits per heavy atom. The Kier molecular flexibility index (Phi) is 6.14. The SMILES string of the molecule is N#Cc1cc(NC(=O)c2cc(N3CCCS3)cc(Cl)c2Cl)cc(-c2ccncc2)c1. The number of nitrogens with one attached hydrogen (secondary N) is 1. The molecule has 0 radical (unpaired) electrons. The van der Waals surface area contributed by atoms with E-state index in [0.29, 0.717) is 21.8 Å². The molecule has 0 aliphatic carbocycles. The number of carbonyl (C=O) groups is 1. The van der Waals surface area contributed by atoms with Gasteiger partial charge >= 0.3 is 0 Å². The van der Waals surface area contributed by atoms with Crippen LogP contribution < -0.4 is 9.62 Å². The molecule has 0 bridgehead atoms. The van der Waals surface area contributed by atoms with E-state index < -0.39 is 0 Å². The highest BCUT2D eigenvalue weighted by Crippen LogP contribution is 2.36. The van der Waals surface area contributed by atoms with Gasteiger partial charge in [-0.05, 0) is 72.0 Å². The Labute approximate surface area is 188 Å². The fraction of sp³-hybridized carbons (Fsp3) is 0.136. The van der Waals surface area contributed by atoms with E-state index in [4.69, 9.17) is 23.2 Å². The monoisotopic (exact) mass is 454 g/mol. The molecule has 0 atom stereocenters. The fourth-order valence-electron chi connectivity index (χ4n) is 3.21. The highest BCUT2D eigenvalue weighted by atomic mass is 35.5. The zero-order chi connectivity index (χ0) is 21.1. The van der Waals surface area contributed by atoms with Crippen LogP contribution in [0.1, 0.15) is 22.3 Å². The van der Waals surface area contributed by atoms with Gasteiger partial charge in [0.1, 0.15) is 0 Å². The molecule has 3 aromatic rings. The molecule has 8 heteroatoms. The molecule has 2 aromatic carbocycles. The number of anilines is 2. The van der Waals surface area contributed by atoms with E-state index in [0.717, 1.165) is 35.5 Å². The summed E-state index contributed by atoms with van der Waals surface area (Å²) in [5, 5.41) is 12.8. The lowest BCUT2D eigenvalue weighted by atomic mass is 10.0. The predicted molar refractivity (Wildman–Crippen MR) is 123 cm³/mol. The van der Waals surface area contributed by atoms with E-state index >= 15 is 0 Å². The fourth-order valence-corrected chi connectivity index (χ4v) is 4.61. The van der Waals surface area contributed by atoms with Crippen molar-refractivity contribution in [1.82, 2.24) is 4.98 Å². The second-order valence-corrected chi connectivity index (χ2v) is 8.57. The van der Waals surface area contributed by atoms with E-state index in [1.807, 2.05) is 18.2 Å². The molecular weight excluding hydrogens is 439 g/mol. The van der Waals surface area contributed by atoms with E-state index in [2.05, 4.69) is 20.7 Å². The van der Waals surface area contributed by atoms with Crippen molar-refractivity contribution in [3.05, 3.63) is 76.0 Å². The Hall–Kier alpha value is -2.72. The molecule has 0 unspecified atom stereocenters. The van der Waals surface area contributed by atoms with Crippen LogP contribution in [0.5, 0.6) is 0 Å². The number of hydrogen-bond acceptors (Lipinski definition) is 5. The molecule has 0 spiro atoms. The average molecular weight is 455 g/mol. The summed E-state index contributed by atoms with van der Waals surface area (Å²) in [6, 6.07) is 14.5. The molecule has 0 saturated carbocycles. The summed E-state index contributed by atoms with van der Waals surface area (Å²) >= 11 is 14.3. The third-order valence-corrected chi connectivity index (χ3v) is 6.61. The summed E-state index contributed by atoms with van der Waals surface area (Å²) in [5.74, 6) is 0.643. The van der Waals surface area contributed by atoms with Crippen molar-refractivity contribution in [3.63, 3.8) is 0 Å². The van der Waals surface area contributed by atoms with Crippen molar-refractivity contribution in [2.24, 2.45) is 0 Å². The number of hydrogen-bond donors (Lipinski definition) is 1. The maximum Gasteiger partial charge on any atom is 0.257 e. The Morgan fingerprint density at radius 2 is 1.93 bits per heavy atom. The van der Waals surface area contributed by atoms with Gasteiger partial charge in [0, 0.05) is 36.1 Å². The quantitative estimate of drug-likeness (QED) is 0.486. The van der Waals surface area contributed by atoms with Crippen LogP contribution in [-0.2, 0) is 0 Å². The number of nitrogens with zero attached hydrogens (tertiary/aromatic N) is 3. The van der Waals surface area contributed by atoms with Gasteiger partial charge in [0.25, 0.3) is 5.91 Å². The highest BCUT2D eigenvalue weighted by molar-refractivity contribution is 8.00. The Balaban J connectivity index is 1.66. The van der Waals surface area contributed by atoms with Crippen LogP contribution >= 0.6 is 35.1 Å². The number of benzene rings is 2. The maximum absolute atomic E-state index is 13.0. The molecule has 4 rings (SSSR count). The van der Waals surface area contributed by atoms with Gasteiger partial charge in [-0.3, -0.25) is 9.78 Å². The van der Waals surface area contributed by atoms with Crippen LogP contribution in [0.15, 0.2) is 54.9 Å². The van der Waals surface area contributed by atoms with Crippen molar-refractivity contribution in [2.75, 3.05) is 21.9 Å². The van der Waals surface area contributed by atoms with Crippen molar-refractivity contribution in [2.45, 2.75) is 6.42 Å². The number of amides is 1. The molecule has 1 fully saturated rings. The molecular formula is C22H16Cl2N4OS. The van der Waals surface area contributed by atoms with E-state index in [1.165, 1.54) is 0 Å². The molecule has 5 nitrogen and oxygen atoms in total. The second kappa shape index (κ2) is 8.97. The first kappa shape index (κ1) is 20.5. The first-order valence-electron chi connectivity index (χ1n) is 9.21.